The average Bonchev–Trinajstić information content (AvgIpc) is 2.85. The standard InChI is InChI=1S/C24H25ClN4O3S/c25-23-22(12-7-15-26-23)33(31,32)28-16-13-20(14-17-28)24(30)27-29(21-10-5-2-6-11-21)18-19-8-3-1-4-9-19/h1-12,15,20H,13-14,16-18H2,(H,27,30). The normalized spacial score (nSPS) is 15.2. The topological polar surface area (TPSA) is 82.6 Å². The summed E-state index contributed by atoms with van der Waals surface area (Å²) in [6, 6.07) is 22.5. The van der Waals surface area contributed by atoms with Gasteiger partial charge in [-0.15, -0.1) is 0 Å². The van der Waals surface area contributed by atoms with Crippen LogP contribution in [-0.2, 0) is 21.4 Å². The number of rotatable bonds is 7. The highest BCUT2D eigenvalue weighted by molar-refractivity contribution is 7.89. The maximum atomic E-state index is 13.1. The molecule has 1 N–H and O–H groups in total. The summed E-state index contributed by atoms with van der Waals surface area (Å²) in [6.45, 7) is 1.01. The monoisotopic (exact) mass is 484 g/mol. The summed E-state index contributed by atoms with van der Waals surface area (Å²) >= 11 is 6.00. The maximum Gasteiger partial charge on any atom is 0.246 e. The van der Waals surface area contributed by atoms with Crippen LogP contribution in [-0.4, -0.2) is 36.7 Å². The molecule has 2 heterocycles. The quantitative estimate of drug-likeness (QED) is 0.406. The van der Waals surface area contributed by atoms with E-state index < -0.39 is 10.0 Å². The van der Waals surface area contributed by atoms with Crippen LogP contribution in [0.15, 0.2) is 83.9 Å². The Labute approximate surface area is 199 Å². The van der Waals surface area contributed by atoms with Gasteiger partial charge >= 0.3 is 0 Å². The van der Waals surface area contributed by atoms with Gasteiger partial charge < -0.3 is 0 Å². The second kappa shape index (κ2) is 10.3. The number of aromatic nitrogens is 1. The molecule has 1 saturated heterocycles. The molecule has 1 aliphatic heterocycles. The van der Waals surface area contributed by atoms with Gasteiger partial charge in [-0.05, 0) is 42.7 Å². The Morgan fingerprint density at radius 1 is 1.00 bits per heavy atom. The fourth-order valence-electron chi connectivity index (χ4n) is 3.85. The Balaban J connectivity index is 1.42. The first-order chi connectivity index (χ1) is 15.9. The molecule has 4 rings (SSSR count). The lowest BCUT2D eigenvalue weighted by atomic mass is 9.97. The molecule has 172 valence electrons. The van der Waals surface area contributed by atoms with E-state index in [-0.39, 0.29) is 35.0 Å². The molecule has 0 saturated carbocycles. The number of nitrogens with one attached hydrogen (secondary N) is 1. The number of carbonyl (C=O) groups is 1. The lowest BCUT2D eigenvalue weighted by Crippen LogP contribution is -2.48. The van der Waals surface area contributed by atoms with Crippen molar-refractivity contribution in [3.8, 4) is 0 Å². The van der Waals surface area contributed by atoms with Crippen LogP contribution in [0.2, 0.25) is 5.15 Å². The van der Waals surface area contributed by atoms with Crippen LogP contribution >= 0.6 is 11.6 Å². The first kappa shape index (κ1) is 23.2. The number of hydrogen-bond donors (Lipinski definition) is 1. The number of para-hydroxylation sites is 1. The highest BCUT2D eigenvalue weighted by Crippen LogP contribution is 2.27. The molecule has 0 spiro atoms. The Morgan fingerprint density at radius 3 is 2.27 bits per heavy atom. The van der Waals surface area contributed by atoms with E-state index in [1.54, 1.807) is 6.07 Å². The second-order valence-electron chi connectivity index (χ2n) is 7.85. The van der Waals surface area contributed by atoms with Crippen LogP contribution in [0.3, 0.4) is 0 Å². The minimum Gasteiger partial charge on any atom is -0.281 e. The van der Waals surface area contributed by atoms with Crippen molar-refractivity contribution < 1.29 is 13.2 Å². The summed E-state index contributed by atoms with van der Waals surface area (Å²) in [5.41, 5.74) is 4.98. The van der Waals surface area contributed by atoms with E-state index in [4.69, 9.17) is 11.6 Å². The van der Waals surface area contributed by atoms with Gasteiger partial charge in [-0.1, -0.05) is 60.1 Å². The molecule has 0 bridgehead atoms. The van der Waals surface area contributed by atoms with E-state index >= 15 is 0 Å². The summed E-state index contributed by atoms with van der Waals surface area (Å²) in [6.07, 6.45) is 2.31. The van der Waals surface area contributed by atoms with E-state index in [1.807, 2.05) is 65.7 Å². The second-order valence-corrected chi connectivity index (χ2v) is 10.1. The Kier molecular flexibility index (Phi) is 7.27. The van der Waals surface area contributed by atoms with Crippen LogP contribution in [0.1, 0.15) is 18.4 Å². The zero-order valence-corrected chi connectivity index (χ0v) is 19.5. The fraction of sp³-hybridized carbons (Fsp3) is 0.250. The van der Waals surface area contributed by atoms with Crippen molar-refractivity contribution in [1.82, 2.24) is 14.7 Å². The van der Waals surface area contributed by atoms with Gasteiger partial charge in [0.25, 0.3) is 0 Å². The summed E-state index contributed by atoms with van der Waals surface area (Å²) in [7, 11) is -3.75. The zero-order valence-electron chi connectivity index (χ0n) is 18.0. The van der Waals surface area contributed by atoms with Gasteiger partial charge in [0.05, 0.1) is 12.2 Å². The number of halogens is 1. The van der Waals surface area contributed by atoms with E-state index in [1.165, 1.54) is 16.6 Å². The van der Waals surface area contributed by atoms with Crippen molar-refractivity contribution >= 4 is 33.2 Å². The van der Waals surface area contributed by atoms with Crippen LogP contribution in [0, 0.1) is 5.92 Å². The number of pyridine rings is 1. The lowest BCUT2D eigenvalue weighted by molar-refractivity contribution is -0.126. The van der Waals surface area contributed by atoms with Crippen molar-refractivity contribution in [2.24, 2.45) is 5.92 Å². The molecule has 1 aliphatic rings. The predicted molar refractivity (Wildman–Crippen MR) is 128 cm³/mol. The molecule has 0 atom stereocenters. The van der Waals surface area contributed by atoms with Crippen LogP contribution in [0.5, 0.6) is 0 Å². The number of hydrazine groups is 1. The Bertz CT molecular complexity index is 1180. The SMILES string of the molecule is O=C(NN(Cc1ccccc1)c1ccccc1)C1CCN(S(=O)(=O)c2cccnc2Cl)CC1. The molecule has 3 aromatic rings. The highest BCUT2D eigenvalue weighted by atomic mass is 35.5. The van der Waals surface area contributed by atoms with E-state index in [9.17, 15) is 13.2 Å². The molecular weight excluding hydrogens is 460 g/mol. The number of piperidine rings is 1. The molecule has 33 heavy (non-hydrogen) atoms. The lowest BCUT2D eigenvalue weighted by Gasteiger charge is -2.33. The number of amides is 1. The minimum atomic E-state index is -3.75. The largest absolute Gasteiger partial charge is 0.281 e. The van der Waals surface area contributed by atoms with Crippen molar-refractivity contribution in [3.05, 3.63) is 89.7 Å². The molecular formula is C24H25ClN4O3S. The maximum absolute atomic E-state index is 13.1. The third kappa shape index (κ3) is 5.52. The summed E-state index contributed by atoms with van der Waals surface area (Å²) in [5.74, 6) is -0.408. The molecule has 0 unspecified atom stereocenters. The number of benzene rings is 2. The zero-order chi connectivity index (χ0) is 23.3. The van der Waals surface area contributed by atoms with Gasteiger partial charge in [-0.25, -0.2) is 13.4 Å². The van der Waals surface area contributed by atoms with Crippen molar-refractivity contribution in [2.45, 2.75) is 24.3 Å². The number of anilines is 1. The van der Waals surface area contributed by atoms with Gasteiger partial charge in [-0.3, -0.25) is 15.2 Å². The molecule has 1 aromatic heterocycles. The fourth-order valence-corrected chi connectivity index (χ4v) is 5.75. The van der Waals surface area contributed by atoms with E-state index in [0.717, 1.165) is 11.3 Å². The van der Waals surface area contributed by atoms with Gasteiger partial charge in [0.15, 0.2) is 0 Å². The van der Waals surface area contributed by atoms with Crippen LogP contribution in [0.4, 0.5) is 5.69 Å². The summed E-state index contributed by atoms with van der Waals surface area (Å²) in [4.78, 5) is 17.0. The summed E-state index contributed by atoms with van der Waals surface area (Å²) in [5, 5.41) is 1.78. The molecule has 7 nitrogen and oxygen atoms in total. The van der Waals surface area contributed by atoms with Gasteiger partial charge in [0.1, 0.15) is 10.0 Å². The van der Waals surface area contributed by atoms with Gasteiger partial charge in [0.2, 0.25) is 15.9 Å². The highest BCUT2D eigenvalue weighted by Gasteiger charge is 2.33. The third-order valence-electron chi connectivity index (χ3n) is 5.66. The number of nitrogens with zero attached hydrogens (tertiary/aromatic N) is 3. The summed E-state index contributed by atoms with van der Waals surface area (Å²) < 4.78 is 27.3. The smallest absolute Gasteiger partial charge is 0.246 e. The van der Waals surface area contributed by atoms with Crippen LogP contribution < -0.4 is 10.4 Å². The van der Waals surface area contributed by atoms with Crippen molar-refractivity contribution in [1.29, 1.82) is 0 Å². The van der Waals surface area contributed by atoms with Crippen molar-refractivity contribution in [3.63, 3.8) is 0 Å². The number of hydrogen-bond acceptors (Lipinski definition) is 5. The molecule has 1 amide bonds. The van der Waals surface area contributed by atoms with E-state index in [0.29, 0.717) is 19.4 Å². The van der Waals surface area contributed by atoms with Gasteiger partial charge in [0, 0.05) is 25.2 Å². The third-order valence-corrected chi connectivity index (χ3v) is 8.01. The number of sulfonamides is 1. The van der Waals surface area contributed by atoms with Gasteiger partial charge in [-0.2, -0.15) is 4.31 Å². The molecule has 1 fully saturated rings. The Hall–Kier alpha value is -2.94. The minimum absolute atomic E-state index is 0.00678. The molecule has 9 heteroatoms. The van der Waals surface area contributed by atoms with E-state index in [2.05, 4.69) is 10.4 Å². The van der Waals surface area contributed by atoms with Crippen LogP contribution in [0.25, 0.3) is 0 Å². The first-order valence-corrected chi connectivity index (χ1v) is 12.5. The molecule has 2 aromatic carbocycles. The van der Waals surface area contributed by atoms with Crippen molar-refractivity contribution in [2.75, 3.05) is 18.1 Å². The Morgan fingerprint density at radius 2 is 1.64 bits per heavy atom. The first-order valence-electron chi connectivity index (χ1n) is 10.7. The average molecular weight is 485 g/mol. The molecule has 0 aliphatic carbocycles. The molecule has 0 radical (unpaired) electrons. The number of carbonyl (C=O) groups excluding carboxylic acids is 1. The predicted octanol–water partition coefficient (Wildman–Crippen LogP) is 3.87.